The van der Waals surface area contributed by atoms with Crippen molar-refractivity contribution in [1.82, 2.24) is 4.90 Å². The molecular weight excluding hydrogens is 456 g/mol. The zero-order valence-corrected chi connectivity index (χ0v) is 22.7. The average molecular weight is 499 g/mol. The van der Waals surface area contributed by atoms with Crippen LogP contribution in [0, 0.1) is 5.41 Å². The molecule has 0 aromatic heterocycles. The first kappa shape index (κ1) is 25.6. The fourth-order valence-corrected chi connectivity index (χ4v) is 8.48. The summed E-state index contributed by atoms with van der Waals surface area (Å²) in [5.41, 5.74) is 1.33. The number of fused-ring (bicyclic) bond motifs is 1. The molecule has 0 bridgehead atoms. The van der Waals surface area contributed by atoms with Crippen LogP contribution in [0.4, 0.5) is 5.69 Å². The molecule has 1 N–H and O–H groups in total. The van der Waals surface area contributed by atoms with Crippen LogP contribution in [0.2, 0.25) is 0 Å². The molecule has 1 saturated carbocycles. The van der Waals surface area contributed by atoms with Gasteiger partial charge in [-0.2, -0.15) is 0 Å². The van der Waals surface area contributed by atoms with Gasteiger partial charge in [0.25, 0.3) is 0 Å². The van der Waals surface area contributed by atoms with E-state index < -0.39 is 17.1 Å². The molecule has 7 heteroatoms. The molecule has 198 valence electrons. The van der Waals surface area contributed by atoms with Crippen LogP contribution in [-0.4, -0.2) is 80.2 Å². The fraction of sp³-hybridized carbons (Fsp3) is 0.690. The van der Waals surface area contributed by atoms with Crippen molar-refractivity contribution in [3.05, 3.63) is 35.4 Å². The second-order valence-electron chi connectivity index (χ2n) is 11.1. The van der Waals surface area contributed by atoms with E-state index in [-0.39, 0.29) is 30.1 Å². The second-order valence-corrected chi connectivity index (χ2v) is 11.1. The molecule has 1 aromatic carbocycles. The van der Waals surface area contributed by atoms with Gasteiger partial charge in [-0.3, -0.25) is 9.69 Å². The number of nitrogens with zero attached hydrogens (tertiary/aromatic N) is 2. The van der Waals surface area contributed by atoms with E-state index in [0.29, 0.717) is 6.61 Å². The molecule has 7 nitrogen and oxygen atoms in total. The fourth-order valence-electron chi connectivity index (χ4n) is 8.48. The molecule has 3 heterocycles. The third kappa shape index (κ3) is 3.18. The van der Waals surface area contributed by atoms with Crippen LogP contribution in [0.1, 0.15) is 58.1 Å². The van der Waals surface area contributed by atoms with Crippen LogP contribution in [0.25, 0.3) is 0 Å². The summed E-state index contributed by atoms with van der Waals surface area (Å²) in [4.78, 5) is 17.3. The van der Waals surface area contributed by atoms with Crippen LogP contribution in [0.15, 0.2) is 24.3 Å². The predicted octanol–water partition coefficient (Wildman–Crippen LogP) is 3.46. The molecule has 1 aliphatic carbocycles. The minimum absolute atomic E-state index is 0.0998. The number of aliphatic hydroxyl groups is 1. The molecule has 0 radical (unpaired) electrons. The van der Waals surface area contributed by atoms with Crippen molar-refractivity contribution >= 4 is 11.7 Å². The highest BCUT2D eigenvalue weighted by atomic mass is 16.6. The predicted molar refractivity (Wildman–Crippen MR) is 140 cm³/mol. The van der Waals surface area contributed by atoms with Gasteiger partial charge >= 0.3 is 5.97 Å². The van der Waals surface area contributed by atoms with E-state index in [9.17, 15) is 9.90 Å². The van der Waals surface area contributed by atoms with Gasteiger partial charge in [0.2, 0.25) is 0 Å². The number of likely N-dealkylation sites (N-methyl/N-ethyl adjacent to an activating group) is 1. The lowest BCUT2D eigenvalue weighted by Gasteiger charge is -2.64. The highest BCUT2D eigenvalue weighted by Crippen LogP contribution is 2.67. The Morgan fingerprint density at radius 1 is 1.22 bits per heavy atom. The number of hydrogen-bond acceptors (Lipinski definition) is 7. The molecule has 1 aromatic rings. The summed E-state index contributed by atoms with van der Waals surface area (Å²) in [5, 5.41) is 12.8. The SMILES string of the molecule is CCCc1cc2c(cc1OC)N(C)[C@H]1[C@@](O)(COCC)[C@H](OC(C)=O)C3(CC)C=CCN4CC[C@]21C43. The van der Waals surface area contributed by atoms with Crippen molar-refractivity contribution in [3.8, 4) is 5.75 Å². The standard InChI is InChI=1S/C29H42N2O5/c1-7-11-20-16-21-22(17-23(20)34-6)30(5)25-28(21)13-15-31-14-10-12-27(8-2,24(28)31)26(36-19(4)32)29(25,33)18-35-9-3/h10,12,16-17,24-26,33H,7-9,11,13-15,18H2,1-6H3/t24?,25-,26-,27?,28-,29+/m1/s1. The van der Waals surface area contributed by atoms with E-state index >= 15 is 0 Å². The summed E-state index contributed by atoms with van der Waals surface area (Å²) in [6.45, 7) is 10.1. The van der Waals surface area contributed by atoms with Gasteiger partial charge in [0, 0.05) is 55.7 Å². The topological polar surface area (TPSA) is 71.5 Å². The highest BCUT2D eigenvalue weighted by Gasteiger charge is 2.77. The number of hydrogen-bond donors (Lipinski definition) is 1. The van der Waals surface area contributed by atoms with Crippen molar-refractivity contribution < 1.29 is 24.1 Å². The largest absolute Gasteiger partial charge is 0.496 e. The molecule has 1 saturated heterocycles. The Kier molecular flexibility index (Phi) is 6.41. The van der Waals surface area contributed by atoms with E-state index in [1.54, 1.807) is 7.11 Å². The smallest absolute Gasteiger partial charge is 0.303 e. The number of benzene rings is 1. The lowest BCUT2D eigenvalue weighted by molar-refractivity contribution is -0.232. The Morgan fingerprint density at radius 2 is 2.00 bits per heavy atom. The second kappa shape index (κ2) is 9.03. The minimum atomic E-state index is -1.40. The minimum Gasteiger partial charge on any atom is -0.496 e. The Bertz CT molecular complexity index is 1060. The van der Waals surface area contributed by atoms with E-state index in [0.717, 1.165) is 50.2 Å². The summed E-state index contributed by atoms with van der Waals surface area (Å²) in [6, 6.07) is 4.30. The Hall–Kier alpha value is -2.09. The van der Waals surface area contributed by atoms with E-state index in [2.05, 4.69) is 55.0 Å². The average Bonchev–Trinajstić information content (AvgIpc) is 3.37. The zero-order chi connectivity index (χ0) is 25.9. The maximum Gasteiger partial charge on any atom is 0.303 e. The van der Waals surface area contributed by atoms with Gasteiger partial charge in [-0.15, -0.1) is 0 Å². The van der Waals surface area contributed by atoms with Crippen LogP contribution in [0.5, 0.6) is 5.75 Å². The first-order chi connectivity index (χ1) is 17.2. The first-order valence-electron chi connectivity index (χ1n) is 13.6. The molecule has 5 rings (SSSR count). The molecule has 4 aliphatic rings. The Morgan fingerprint density at radius 3 is 2.64 bits per heavy atom. The molecule has 2 fully saturated rings. The number of anilines is 1. The van der Waals surface area contributed by atoms with Crippen LogP contribution >= 0.6 is 0 Å². The van der Waals surface area contributed by atoms with Crippen LogP contribution in [-0.2, 0) is 26.1 Å². The van der Waals surface area contributed by atoms with Crippen molar-refractivity contribution in [3.63, 3.8) is 0 Å². The lowest BCUT2D eigenvalue weighted by Crippen LogP contribution is -2.80. The van der Waals surface area contributed by atoms with Crippen molar-refractivity contribution in [1.29, 1.82) is 0 Å². The molecule has 1 spiro atoms. The maximum absolute atomic E-state index is 12.8. The third-order valence-electron chi connectivity index (χ3n) is 9.47. The van der Waals surface area contributed by atoms with E-state index in [4.69, 9.17) is 14.2 Å². The summed E-state index contributed by atoms with van der Waals surface area (Å²) in [7, 11) is 3.80. The van der Waals surface area contributed by atoms with Gasteiger partial charge in [-0.1, -0.05) is 32.4 Å². The summed E-state index contributed by atoms with van der Waals surface area (Å²) >= 11 is 0. The lowest BCUT2D eigenvalue weighted by atomic mass is 9.48. The van der Waals surface area contributed by atoms with Gasteiger partial charge in [0.1, 0.15) is 17.5 Å². The molecule has 2 unspecified atom stereocenters. The molecular formula is C29H42N2O5. The molecule has 0 amide bonds. The number of carbonyl (C=O) groups excluding carboxylic acids is 1. The number of esters is 1. The Labute approximate surface area is 215 Å². The quantitative estimate of drug-likeness (QED) is 0.435. The van der Waals surface area contributed by atoms with Gasteiger partial charge in [-0.25, -0.2) is 0 Å². The van der Waals surface area contributed by atoms with Crippen molar-refractivity contribution in [2.75, 3.05) is 45.4 Å². The monoisotopic (exact) mass is 498 g/mol. The maximum atomic E-state index is 12.8. The molecule has 36 heavy (non-hydrogen) atoms. The molecule has 6 atom stereocenters. The first-order valence-corrected chi connectivity index (χ1v) is 13.6. The summed E-state index contributed by atoms with van der Waals surface area (Å²) in [5.74, 6) is 0.520. The van der Waals surface area contributed by atoms with E-state index in [1.165, 1.54) is 18.1 Å². The van der Waals surface area contributed by atoms with Gasteiger partial charge < -0.3 is 24.2 Å². The summed E-state index contributed by atoms with van der Waals surface area (Å²) in [6.07, 6.45) is 7.37. The normalized spacial score (nSPS) is 36.4. The number of methoxy groups -OCH3 is 1. The van der Waals surface area contributed by atoms with Crippen molar-refractivity contribution in [2.45, 2.75) is 82.6 Å². The van der Waals surface area contributed by atoms with Gasteiger partial charge in [0.05, 0.1) is 19.8 Å². The number of rotatable bonds is 8. The zero-order valence-electron chi connectivity index (χ0n) is 22.7. The van der Waals surface area contributed by atoms with Gasteiger partial charge in [0.15, 0.2) is 0 Å². The van der Waals surface area contributed by atoms with Crippen LogP contribution in [0.3, 0.4) is 0 Å². The summed E-state index contributed by atoms with van der Waals surface area (Å²) < 4.78 is 18.0. The number of ether oxygens (including phenoxy) is 3. The number of carbonyl (C=O) groups is 1. The van der Waals surface area contributed by atoms with Crippen LogP contribution < -0.4 is 9.64 Å². The number of aryl methyl sites for hydroxylation is 1. The van der Waals surface area contributed by atoms with Gasteiger partial charge in [-0.05, 0) is 49.9 Å². The highest BCUT2D eigenvalue weighted by molar-refractivity contribution is 5.72. The third-order valence-corrected chi connectivity index (χ3v) is 9.47. The van der Waals surface area contributed by atoms with Crippen molar-refractivity contribution in [2.24, 2.45) is 5.41 Å². The Balaban J connectivity index is 1.82. The molecule has 3 aliphatic heterocycles. The van der Waals surface area contributed by atoms with E-state index in [1.807, 2.05) is 6.92 Å².